The van der Waals surface area contributed by atoms with E-state index in [9.17, 15) is 8.78 Å². The first kappa shape index (κ1) is 14.2. The van der Waals surface area contributed by atoms with Gasteiger partial charge in [-0.05, 0) is 23.8 Å². The molecule has 0 radical (unpaired) electrons. The zero-order chi connectivity index (χ0) is 15.1. The Morgan fingerprint density at radius 2 is 1.90 bits per heavy atom. The highest BCUT2D eigenvalue weighted by molar-refractivity contribution is 9.10. The lowest BCUT2D eigenvalue weighted by Gasteiger charge is -2.06. The Hall–Kier alpha value is -1.79. The fourth-order valence-electron chi connectivity index (χ4n) is 2.42. The van der Waals surface area contributed by atoms with Crippen LogP contribution >= 0.6 is 15.9 Å². The normalized spacial score (nSPS) is 11.3. The minimum Gasteiger partial charge on any atom is -0.327 e. The molecular formula is C15H12BrF2N3. The third kappa shape index (κ3) is 2.24. The fraction of sp³-hybridized carbons (Fsp3) is 0.133. The number of aromatic nitrogens is 2. The Kier molecular flexibility index (Phi) is 3.51. The highest BCUT2D eigenvalue weighted by Crippen LogP contribution is 2.31. The monoisotopic (exact) mass is 351 g/mol. The van der Waals surface area contributed by atoms with Crippen molar-refractivity contribution < 1.29 is 8.78 Å². The average Bonchev–Trinajstić information content (AvgIpc) is 2.75. The van der Waals surface area contributed by atoms with Crippen molar-refractivity contribution in [3.05, 3.63) is 52.0 Å². The van der Waals surface area contributed by atoms with Gasteiger partial charge in [0.05, 0.1) is 16.6 Å². The second kappa shape index (κ2) is 5.20. The number of benzene rings is 2. The van der Waals surface area contributed by atoms with Gasteiger partial charge in [0.25, 0.3) is 0 Å². The van der Waals surface area contributed by atoms with Crippen LogP contribution < -0.4 is 5.73 Å². The number of fused-ring (bicyclic) bond motifs is 1. The van der Waals surface area contributed by atoms with E-state index in [-0.39, 0.29) is 11.4 Å². The molecule has 0 fully saturated rings. The Balaban J connectivity index is 2.34. The van der Waals surface area contributed by atoms with Crippen molar-refractivity contribution in [1.29, 1.82) is 0 Å². The third-order valence-electron chi connectivity index (χ3n) is 3.45. The summed E-state index contributed by atoms with van der Waals surface area (Å²) in [5.41, 5.74) is 7.84. The summed E-state index contributed by atoms with van der Waals surface area (Å²) in [5, 5.41) is 0. The van der Waals surface area contributed by atoms with Gasteiger partial charge in [0.2, 0.25) is 0 Å². The molecule has 2 N–H and O–H groups in total. The predicted octanol–water partition coefficient (Wildman–Crippen LogP) is 3.74. The Bertz CT molecular complexity index is 819. The van der Waals surface area contributed by atoms with Gasteiger partial charge in [0, 0.05) is 18.1 Å². The lowest BCUT2D eigenvalue weighted by atomic mass is 10.2. The molecule has 1 aromatic heterocycles. The molecule has 0 unspecified atom stereocenters. The molecule has 3 nitrogen and oxygen atoms in total. The maximum absolute atomic E-state index is 14.1. The van der Waals surface area contributed by atoms with Gasteiger partial charge in [-0.3, -0.25) is 0 Å². The van der Waals surface area contributed by atoms with Crippen LogP contribution in [0.1, 0.15) is 5.56 Å². The molecule has 108 valence electrons. The molecule has 3 rings (SSSR count). The van der Waals surface area contributed by atoms with E-state index in [1.165, 1.54) is 12.1 Å². The van der Waals surface area contributed by atoms with Crippen molar-refractivity contribution in [3.63, 3.8) is 0 Å². The van der Waals surface area contributed by atoms with Crippen LogP contribution in [0.4, 0.5) is 8.78 Å². The molecule has 0 amide bonds. The number of halogens is 3. The van der Waals surface area contributed by atoms with E-state index in [0.717, 1.165) is 11.1 Å². The summed E-state index contributed by atoms with van der Waals surface area (Å²) in [6.45, 7) is 0.319. The van der Waals surface area contributed by atoms with Crippen LogP contribution in [0, 0.1) is 11.6 Å². The molecule has 0 atom stereocenters. The quantitative estimate of drug-likeness (QED) is 0.764. The minimum atomic E-state index is -0.658. The van der Waals surface area contributed by atoms with Gasteiger partial charge in [0.1, 0.15) is 17.5 Å². The number of aryl methyl sites for hydroxylation is 1. The zero-order valence-electron chi connectivity index (χ0n) is 11.2. The van der Waals surface area contributed by atoms with E-state index in [1.807, 2.05) is 18.2 Å². The van der Waals surface area contributed by atoms with Crippen LogP contribution in [-0.2, 0) is 13.6 Å². The number of imidazole rings is 1. The molecule has 0 saturated carbocycles. The topological polar surface area (TPSA) is 43.8 Å². The summed E-state index contributed by atoms with van der Waals surface area (Å²) in [6, 6.07) is 8.00. The first-order valence-electron chi connectivity index (χ1n) is 6.32. The highest BCUT2D eigenvalue weighted by atomic mass is 79.9. The van der Waals surface area contributed by atoms with Crippen LogP contribution in [0.2, 0.25) is 0 Å². The second-order valence-corrected chi connectivity index (χ2v) is 5.64. The number of para-hydroxylation sites is 1. The molecule has 2 aromatic carbocycles. The lowest BCUT2D eigenvalue weighted by molar-refractivity contribution is 0.585. The predicted molar refractivity (Wildman–Crippen MR) is 81.7 cm³/mol. The van der Waals surface area contributed by atoms with Gasteiger partial charge >= 0.3 is 0 Å². The van der Waals surface area contributed by atoms with Crippen LogP contribution in [-0.4, -0.2) is 9.55 Å². The Labute approximate surface area is 128 Å². The number of rotatable bonds is 2. The summed E-state index contributed by atoms with van der Waals surface area (Å²) in [5.74, 6) is -1.07. The molecule has 0 bridgehead atoms. The number of hydrogen-bond donors (Lipinski definition) is 1. The molecule has 1 heterocycles. The molecule has 0 spiro atoms. The van der Waals surface area contributed by atoms with Crippen LogP contribution in [0.5, 0.6) is 0 Å². The molecule has 6 heteroatoms. The second-order valence-electron chi connectivity index (χ2n) is 4.73. The standard InChI is InChI=1S/C15H12BrF2N3/c1-21-12-4-2-3-8(7-19)14(12)20-15(21)13-10(17)5-9(16)6-11(13)18/h2-6H,7,19H2,1H3. The lowest BCUT2D eigenvalue weighted by Crippen LogP contribution is -1.98. The van der Waals surface area contributed by atoms with E-state index in [1.54, 1.807) is 11.6 Å². The van der Waals surface area contributed by atoms with E-state index < -0.39 is 11.6 Å². The minimum absolute atomic E-state index is 0.139. The number of hydrogen-bond acceptors (Lipinski definition) is 2. The van der Waals surface area contributed by atoms with E-state index in [2.05, 4.69) is 20.9 Å². The van der Waals surface area contributed by atoms with E-state index >= 15 is 0 Å². The molecule has 0 aliphatic carbocycles. The summed E-state index contributed by atoms with van der Waals surface area (Å²) in [4.78, 5) is 4.39. The third-order valence-corrected chi connectivity index (χ3v) is 3.90. The van der Waals surface area contributed by atoms with Crippen molar-refractivity contribution >= 4 is 27.0 Å². The molecule has 3 aromatic rings. The summed E-state index contributed by atoms with van der Waals surface area (Å²) in [6.07, 6.45) is 0. The van der Waals surface area contributed by atoms with Gasteiger partial charge in [0.15, 0.2) is 0 Å². The van der Waals surface area contributed by atoms with Crippen molar-refractivity contribution in [2.75, 3.05) is 0 Å². The Morgan fingerprint density at radius 3 is 2.52 bits per heavy atom. The van der Waals surface area contributed by atoms with Crippen molar-refractivity contribution in [2.24, 2.45) is 12.8 Å². The Morgan fingerprint density at radius 1 is 1.24 bits per heavy atom. The first-order chi connectivity index (χ1) is 10.0. The number of nitrogens with zero attached hydrogens (tertiary/aromatic N) is 2. The molecule has 0 saturated heterocycles. The van der Waals surface area contributed by atoms with E-state index in [0.29, 0.717) is 16.5 Å². The van der Waals surface area contributed by atoms with E-state index in [4.69, 9.17) is 5.73 Å². The average molecular weight is 352 g/mol. The first-order valence-corrected chi connectivity index (χ1v) is 7.11. The zero-order valence-corrected chi connectivity index (χ0v) is 12.8. The van der Waals surface area contributed by atoms with Crippen LogP contribution in [0.15, 0.2) is 34.8 Å². The van der Waals surface area contributed by atoms with Gasteiger partial charge in [-0.1, -0.05) is 28.1 Å². The van der Waals surface area contributed by atoms with Crippen LogP contribution in [0.3, 0.4) is 0 Å². The smallest absolute Gasteiger partial charge is 0.146 e. The summed E-state index contributed by atoms with van der Waals surface area (Å²) < 4.78 is 30.3. The maximum atomic E-state index is 14.1. The number of nitrogens with two attached hydrogens (primary N) is 1. The van der Waals surface area contributed by atoms with Crippen molar-refractivity contribution in [2.45, 2.75) is 6.54 Å². The largest absolute Gasteiger partial charge is 0.327 e. The van der Waals surface area contributed by atoms with Crippen molar-refractivity contribution in [1.82, 2.24) is 9.55 Å². The summed E-state index contributed by atoms with van der Waals surface area (Å²) in [7, 11) is 1.73. The molecule has 0 aliphatic rings. The molecular weight excluding hydrogens is 340 g/mol. The molecule has 21 heavy (non-hydrogen) atoms. The maximum Gasteiger partial charge on any atom is 0.146 e. The van der Waals surface area contributed by atoms with Gasteiger partial charge in [-0.2, -0.15) is 0 Å². The SMILES string of the molecule is Cn1c(-c2c(F)cc(Br)cc2F)nc2c(CN)cccc21. The van der Waals surface area contributed by atoms with Gasteiger partial charge in [-0.15, -0.1) is 0 Å². The summed E-state index contributed by atoms with van der Waals surface area (Å²) >= 11 is 3.07. The van der Waals surface area contributed by atoms with Crippen molar-refractivity contribution in [3.8, 4) is 11.4 Å². The van der Waals surface area contributed by atoms with Gasteiger partial charge < -0.3 is 10.3 Å². The van der Waals surface area contributed by atoms with Gasteiger partial charge in [-0.25, -0.2) is 13.8 Å². The highest BCUT2D eigenvalue weighted by Gasteiger charge is 2.19. The van der Waals surface area contributed by atoms with Crippen LogP contribution in [0.25, 0.3) is 22.4 Å². The molecule has 0 aliphatic heterocycles. The fourth-order valence-corrected chi connectivity index (χ4v) is 2.82.